The molecule has 0 atom stereocenters. The van der Waals surface area contributed by atoms with Crippen molar-refractivity contribution in [3.63, 3.8) is 0 Å². The molecule has 0 radical (unpaired) electrons. The topological polar surface area (TPSA) is 21.3 Å². The van der Waals surface area contributed by atoms with Crippen LogP contribution in [0.2, 0.25) is 0 Å². The SMILES string of the molecule is COCCNCCCc1ccc(-c2ccccc2)cc1. The molecular formula is C18H23NO. The second-order valence-corrected chi connectivity index (χ2v) is 4.91. The quantitative estimate of drug-likeness (QED) is 0.740. The Hall–Kier alpha value is -1.64. The highest BCUT2D eigenvalue weighted by molar-refractivity contribution is 5.63. The van der Waals surface area contributed by atoms with E-state index in [1.165, 1.54) is 16.7 Å². The number of ether oxygens (including phenoxy) is 1. The minimum Gasteiger partial charge on any atom is -0.383 e. The van der Waals surface area contributed by atoms with Crippen LogP contribution in [0.15, 0.2) is 54.6 Å². The molecule has 2 aromatic rings. The van der Waals surface area contributed by atoms with E-state index in [4.69, 9.17) is 4.74 Å². The van der Waals surface area contributed by atoms with Gasteiger partial charge in [0.25, 0.3) is 0 Å². The summed E-state index contributed by atoms with van der Waals surface area (Å²) in [5, 5.41) is 3.37. The average Bonchev–Trinajstić information content (AvgIpc) is 2.52. The van der Waals surface area contributed by atoms with E-state index in [0.29, 0.717) is 0 Å². The van der Waals surface area contributed by atoms with Gasteiger partial charge >= 0.3 is 0 Å². The standard InChI is InChI=1S/C18H23NO/c1-20-15-14-19-13-5-6-16-9-11-18(12-10-16)17-7-3-2-4-8-17/h2-4,7-12,19H,5-6,13-15H2,1H3. The largest absolute Gasteiger partial charge is 0.383 e. The van der Waals surface area contributed by atoms with E-state index >= 15 is 0 Å². The van der Waals surface area contributed by atoms with E-state index in [-0.39, 0.29) is 0 Å². The zero-order chi connectivity index (χ0) is 14.0. The van der Waals surface area contributed by atoms with Gasteiger partial charge in [0.2, 0.25) is 0 Å². The van der Waals surface area contributed by atoms with Gasteiger partial charge in [-0.05, 0) is 36.1 Å². The van der Waals surface area contributed by atoms with E-state index in [0.717, 1.165) is 32.5 Å². The highest BCUT2D eigenvalue weighted by Gasteiger charge is 1.97. The van der Waals surface area contributed by atoms with Crippen LogP contribution in [0.25, 0.3) is 11.1 Å². The predicted octanol–water partition coefficient (Wildman–Crippen LogP) is 3.52. The molecule has 1 N–H and O–H groups in total. The summed E-state index contributed by atoms with van der Waals surface area (Å²) >= 11 is 0. The van der Waals surface area contributed by atoms with Crippen LogP contribution >= 0.6 is 0 Å². The molecule has 2 rings (SSSR count). The normalized spacial score (nSPS) is 10.7. The Morgan fingerprint density at radius 3 is 2.25 bits per heavy atom. The molecule has 2 aromatic carbocycles. The maximum Gasteiger partial charge on any atom is 0.0587 e. The van der Waals surface area contributed by atoms with Crippen molar-refractivity contribution in [2.45, 2.75) is 12.8 Å². The third-order valence-corrected chi connectivity index (χ3v) is 3.36. The molecular weight excluding hydrogens is 246 g/mol. The molecule has 0 aliphatic carbocycles. The van der Waals surface area contributed by atoms with E-state index in [1.807, 2.05) is 0 Å². The molecule has 0 bridgehead atoms. The number of nitrogens with one attached hydrogen (secondary N) is 1. The second-order valence-electron chi connectivity index (χ2n) is 4.91. The van der Waals surface area contributed by atoms with Crippen LogP contribution in [0.3, 0.4) is 0 Å². The van der Waals surface area contributed by atoms with E-state index in [2.05, 4.69) is 59.9 Å². The van der Waals surface area contributed by atoms with Crippen molar-refractivity contribution < 1.29 is 4.74 Å². The summed E-state index contributed by atoms with van der Waals surface area (Å²) in [5.41, 5.74) is 3.96. The molecule has 106 valence electrons. The highest BCUT2D eigenvalue weighted by Crippen LogP contribution is 2.19. The van der Waals surface area contributed by atoms with Crippen LogP contribution in [0.1, 0.15) is 12.0 Å². The summed E-state index contributed by atoms with van der Waals surface area (Å²) < 4.78 is 5.00. The Bertz CT molecular complexity index is 479. The Labute approximate surface area is 121 Å². The molecule has 0 unspecified atom stereocenters. The number of hydrogen-bond donors (Lipinski definition) is 1. The number of methoxy groups -OCH3 is 1. The maximum absolute atomic E-state index is 5.00. The molecule has 2 heteroatoms. The van der Waals surface area contributed by atoms with Crippen molar-refractivity contribution in [2.75, 3.05) is 26.8 Å². The number of aryl methyl sites for hydroxylation is 1. The van der Waals surface area contributed by atoms with Crippen molar-refractivity contribution in [3.05, 3.63) is 60.2 Å². The zero-order valence-corrected chi connectivity index (χ0v) is 12.1. The van der Waals surface area contributed by atoms with Gasteiger partial charge in [0.1, 0.15) is 0 Å². The molecule has 0 saturated carbocycles. The first kappa shape index (κ1) is 14.8. The first-order valence-corrected chi connectivity index (χ1v) is 7.24. The first-order valence-electron chi connectivity index (χ1n) is 7.24. The molecule has 0 aliphatic heterocycles. The van der Waals surface area contributed by atoms with Gasteiger partial charge in [-0.25, -0.2) is 0 Å². The second kappa shape index (κ2) is 8.51. The Morgan fingerprint density at radius 1 is 0.850 bits per heavy atom. The molecule has 0 spiro atoms. The summed E-state index contributed by atoms with van der Waals surface area (Å²) in [6.45, 7) is 2.76. The van der Waals surface area contributed by atoms with Crippen molar-refractivity contribution in [2.24, 2.45) is 0 Å². The van der Waals surface area contributed by atoms with Crippen LogP contribution in [-0.4, -0.2) is 26.8 Å². The molecule has 0 fully saturated rings. The number of benzene rings is 2. The lowest BCUT2D eigenvalue weighted by atomic mass is 10.0. The lowest BCUT2D eigenvalue weighted by Crippen LogP contribution is -2.20. The summed E-state index contributed by atoms with van der Waals surface area (Å²) in [6, 6.07) is 19.4. The molecule has 20 heavy (non-hydrogen) atoms. The summed E-state index contributed by atoms with van der Waals surface area (Å²) in [7, 11) is 1.73. The van der Waals surface area contributed by atoms with Crippen molar-refractivity contribution >= 4 is 0 Å². The minimum absolute atomic E-state index is 0.784. The summed E-state index contributed by atoms with van der Waals surface area (Å²) in [6.07, 6.45) is 2.28. The monoisotopic (exact) mass is 269 g/mol. The average molecular weight is 269 g/mol. The van der Waals surface area contributed by atoms with Gasteiger partial charge in [-0.1, -0.05) is 54.6 Å². The van der Waals surface area contributed by atoms with Gasteiger partial charge in [0.05, 0.1) is 6.61 Å². The number of rotatable bonds is 8. The lowest BCUT2D eigenvalue weighted by Gasteiger charge is -2.06. The highest BCUT2D eigenvalue weighted by atomic mass is 16.5. The fourth-order valence-corrected chi connectivity index (χ4v) is 2.21. The minimum atomic E-state index is 0.784. The summed E-state index contributed by atoms with van der Waals surface area (Å²) in [4.78, 5) is 0. The van der Waals surface area contributed by atoms with Crippen molar-refractivity contribution in [1.29, 1.82) is 0 Å². The van der Waals surface area contributed by atoms with E-state index in [1.54, 1.807) is 7.11 Å². The Kier molecular flexibility index (Phi) is 6.28. The van der Waals surface area contributed by atoms with E-state index < -0.39 is 0 Å². The Balaban J connectivity index is 1.77. The molecule has 2 nitrogen and oxygen atoms in total. The zero-order valence-electron chi connectivity index (χ0n) is 12.1. The van der Waals surface area contributed by atoms with Gasteiger partial charge in [-0.2, -0.15) is 0 Å². The predicted molar refractivity (Wildman–Crippen MR) is 84.9 cm³/mol. The summed E-state index contributed by atoms with van der Waals surface area (Å²) in [5.74, 6) is 0. The molecule has 0 saturated heterocycles. The smallest absolute Gasteiger partial charge is 0.0587 e. The van der Waals surface area contributed by atoms with Crippen LogP contribution in [0.4, 0.5) is 0 Å². The Morgan fingerprint density at radius 2 is 1.55 bits per heavy atom. The lowest BCUT2D eigenvalue weighted by molar-refractivity contribution is 0.199. The third kappa shape index (κ3) is 4.80. The van der Waals surface area contributed by atoms with Crippen molar-refractivity contribution in [1.82, 2.24) is 5.32 Å². The first-order chi connectivity index (χ1) is 9.90. The van der Waals surface area contributed by atoms with Gasteiger partial charge < -0.3 is 10.1 Å². The molecule has 0 amide bonds. The fraction of sp³-hybridized carbons (Fsp3) is 0.333. The molecule has 0 aliphatic rings. The third-order valence-electron chi connectivity index (χ3n) is 3.36. The van der Waals surface area contributed by atoms with Crippen LogP contribution in [-0.2, 0) is 11.2 Å². The van der Waals surface area contributed by atoms with Gasteiger partial charge in [0.15, 0.2) is 0 Å². The van der Waals surface area contributed by atoms with E-state index in [9.17, 15) is 0 Å². The van der Waals surface area contributed by atoms with Gasteiger partial charge in [0, 0.05) is 13.7 Å². The van der Waals surface area contributed by atoms with Crippen LogP contribution in [0.5, 0.6) is 0 Å². The van der Waals surface area contributed by atoms with Crippen LogP contribution < -0.4 is 5.32 Å². The molecule has 0 heterocycles. The van der Waals surface area contributed by atoms with Gasteiger partial charge in [-0.15, -0.1) is 0 Å². The number of hydrogen-bond acceptors (Lipinski definition) is 2. The van der Waals surface area contributed by atoms with Crippen molar-refractivity contribution in [3.8, 4) is 11.1 Å². The fourth-order valence-electron chi connectivity index (χ4n) is 2.21. The maximum atomic E-state index is 5.00. The van der Waals surface area contributed by atoms with Crippen LogP contribution in [0, 0.1) is 0 Å². The molecule has 0 aromatic heterocycles. The van der Waals surface area contributed by atoms with Gasteiger partial charge in [-0.3, -0.25) is 0 Å².